The Balaban J connectivity index is 2.33. The van der Waals surface area contributed by atoms with E-state index >= 15 is 0 Å². The Kier molecular flexibility index (Phi) is 3.80. The molecule has 0 fully saturated rings. The molecule has 1 aromatic heterocycles. The van der Waals surface area contributed by atoms with Crippen LogP contribution in [-0.4, -0.2) is 18.3 Å². The second-order valence-corrected chi connectivity index (χ2v) is 5.52. The molecule has 0 unspecified atom stereocenters. The molecule has 110 valence electrons. The lowest BCUT2D eigenvalue weighted by molar-refractivity contribution is -0.387. The maximum Gasteiger partial charge on any atom is 0.304 e. The molecule has 0 amide bonds. The Morgan fingerprint density at radius 1 is 1.19 bits per heavy atom. The quantitative estimate of drug-likeness (QED) is 0.687. The summed E-state index contributed by atoms with van der Waals surface area (Å²) >= 11 is 0. The fraction of sp³-hybridized carbons (Fsp3) is 0. The van der Waals surface area contributed by atoms with Gasteiger partial charge in [0.15, 0.2) is 0 Å². The van der Waals surface area contributed by atoms with Crippen molar-refractivity contribution in [3.8, 4) is 0 Å². The molecular weight excluding hydrogens is 308 g/mol. The Morgan fingerprint density at radius 2 is 1.90 bits per heavy atom. The van der Waals surface area contributed by atoms with Gasteiger partial charge < -0.3 is 0 Å². The summed E-state index contributed by atoms with van der Waals surface area (Å²) in [6.07, 6.45) is 0.800. The summed E-state index contributed by atoms with van der Waals surface area (Å²) in [6.45, 7) is 0. The second kappa shape index (κ2) is 5.40. The molecule has 0 atom stereocenters. The van der Waals surface area contributed by atoms with E-state index in [1.54, 1.807) is 0 Å². The van der Waals surface area contributed by atoms with Gasteiger partial charge in [-0.1, -0.05) is 0 Å². The van der Waals surface area contributed by atoms with Gasteiger partial charge in [-0.2, -0.15) is 4.39 Å². The number of benzene rings is 1. The van der Waals surface area contributed by atoms with Gasteiger partial charge in [0.25, 0.3) is 10.0 Å². The van der Waals surface area contributed by atoms with Gasteiger partial charge in [-0.25, -0.2) is 17.8 Å². The summed E-state index contributed by atoms with van der Waals surface area (Å²) in [5, 5.41) is 10.5. The fourth-order valence-corrected chi connectivity index (χ4v) is 2.46. The van der Waals surface area contributed by atoms with Crippen molar-refractivity contribution >= 4 is 21.5 Å². The van der Waals surface area contributed by atoms with Crippen molar-refractivity contribution in [1.29, 1.82) is 0 Å². The van der Waals surface area contributed by atoms with Crippen molar-refractivity contribution in [2.75, 3.05) is 4.72 Å². The highest BCUT2D eigenvalue weighted by molar-refractivity contribution is 7.92. The van der Waals surface area contributed by atoms with Crippen molar-refractivity contribution in [2.24, 2.45) is 0 Å². The van der Waals surface area contributed by atoms with E-state index in [0.29, 0.717) is 6.07 Å². The van der Waals surface area contributed by atoms with Gasteiger partial charge in [-0.05, 0) is 18.2 Å². The molecule has 10 heteroatoms. The van der Waals surface area contributed by atoms with Gasteiger partial charge in [0, 0.05) is 12.1 Å². The lowest BCUT2D eigenvalue weighted by Crippen LogP contribution is -2.14. The Hall–Kier alpha value is -2.62. The normalized spacial score (nSPS) is 11.1. The number of rotatable bonds is 4. The molecule has 0 aliphatic heterocycles. The summed E-state index contributed by atoms with van der Waals surface area (Å²) in [4.78, 5) is 12.5. The van der Waals surface area contributed by atoms with E-state index in [9.17, 15) is 27.3 Å². The number of nitro benzene ring substituents is 1. The zero-order valence-corrected chi connectivity index (χ0v) is 11.0. The van der Waals surface area contributed by atoms with E-state index in [2.05, 4.69) is 4.98 Å². The number of nitro groups is 1. The first-order valence-electron chi connectivity index (χ1n) is 5.38. The minimum atomic E-state index is -4.19. The molecule has 0 radical (unpaired) electrons. The molecular formula is C11H7F2N3O4S. The molecule has 2 aromatic rings. The average molecular weight is 315 g/mol. The standard InChI is InChI=1S/C11H7F2N3O4S/c12-7-1-4-11(14-6-7)15-21(19,20)8-2-3-10(16(17)18)9(13)5-8/h1-6H,(H,14,15). The zero-order valence-electron chi connectivity index (χ0n) is 10.2. The molecule has 21 heavy (non-hydrogen) atoms. The van der Waals surface area contributed by atoms with Crippen LogP contribution in [0.2, 0.25) is 0 Å². The Labute approximate surface area is 117 Å². The van der Waals surface area contributed by atoms with Gasteiger partial charge >= 0.3 is 5.69 Å². The third kappa shape index (κ3) is 3.28. The van der Waals surface area contributed by atoms with E-state index in [0.717, 1.165) is 30.5 Å². The highest BCUT2D eigenvalue weighted by Crippen LogP contribution is 2.22. The number of hydrogen-bond donors (Lipinski definition) is 1. The molecule has 0 saturated carbocycles. The van der Waals surface area contributed by atoms with Crippen LogP contribution in [0.4, 0.5) is 20.3 Å². The summed E-state index contributed by atoms with van der Waals surface area (Å²) in [7, 11) is -4.19. The van der Waals surface area contributed by atoms with Crippen molar-refractivity contribution in [3.63, 3.8) is 0 Å². The number of sulfonamides is 1. The lowest BCUT2D eigenvalue weighted by Gasteiger charge is -2.07. The van der Waals surface area contributed by atoms with E-state index < -0.39 is 37.2 Å². The minimum Gasteiger partial charge on any atom is -0.263 e. The first kappa shape index (κ1) is 14.8. The predicted molar refractivity (Wildman–Crippen MR) is 68.1 cm³/mol. The molecule has 0 aliphatic rings. The Bertz CT molecular complexity index is 794. The topological polar surface area (TPSA) is 102 Å². The van der Waals surface area contributed by atoms with Gasteiger partial charge in [-0.3, -0.25) is 14.8 Å². The molecule has 7 nitrogen and oxygen atoms in total. The van der Waals surface area contributed by atoms with Crippen LogP contribution in [0.5, 0.6) is 0 Å². The van der Waals surface area contributed by atoms with Crippen LogP contribution in [0.1, 0.15) is 0 Å². The first-order valence-corrected chi connectivity index (χ1v) is 6.86. The van der Waals surface area contributed by atoms with Gasteiger partial charge in [0.1, 0.15) is 11.6 Å². The van der Waals surface area contributed by atoms with E-state index in [1.807, 2.05) is 4.72 Å². The number of hydrogen-bond acceptors (Lipinski definition) is 5. The number of pyridine rings is 1. The van der Waals surface area contributed by atoms with E-state index in [4.69, 9.17) is 0 Å². The molecule has 0 bridgehead atoms. The lowest BCUT2D eigenvalue weighted by atomic mass is 10.3. The number of aromatic nitrogens is 1. The van der Waals surface area contributed by atoms with Crippen LogP contribution in [0.3, 0.4) is 0 Å². The third-order valence-corrected chi connectivity index (χ3v) is 3.74. The van der Waals surface area contributed by atoms with Crippen LogP contribution in [-0.2, 0) is 10.0 Å². The third-order valence-electron chi connectivity index (χ3n) is 2.39. The summed E-state index contributed by atoms with van der Waals surface area (Å²) in [5.41, 5.74) is -0.839. The van der Waals surface area contributed by atoms with Gasteiger partial charge in [-0.15, -0.1) is 0 Å². The fourth-order valence-electron chi connectivity index (χ4n) is 1.44. The molecule has 1 heterocycles. The van der Waals surface area contributed by atoms with Crippen molar-refractivity contribution in [2.45, 2.75) is 4.90 Å². The summed E-state index contributed by atoms with van der Waals surface area (Å²) < 4.78 is 52.0. The maximum absolute atomic E-state index is 13.4. The summed E-state index contributed by atoms with van der Waals surface area (Å²) in [6, 6.07) is 4.20. The molecule has 0 saturated heterocycles. The van der Waals surface area contributed by atoms with Crippen LogP contribution < -0.4 is 4.72 Å². The summed E-state index contributed by atoms with van der Waals surface area (Å²) in [5.74, 6) is -2.11. The van der Waals surface area contributed by atoms with Crippen molar-refractivity contribution in [1.82, 2.24) is 4.98 Å². The number of nitrogens with one attached hydrogen (secondary N) is 1. The molecule has 0 aliphatic carbocycles. The predicted octanol–water partition coefficient (Wildman–Crippen LogP) is 2.07. The Morgan fingerprint density at radius 3 is 2.43 bits per heavy atom. The van der Waals surface area contributed by atoms with Crippen LogP contribution in [0, 0.1) is 21.7 Å². The van der Waals surface area contributed by atoms with E-state index in [1.165, 1.54) is 0 Å². The molecule has 0 spiro atoms. The van der Waals surface area contributed by atoms with Crippen molar-refractivity contribution in [3.05, 3.63) is 58.3 Å². The number of nitrogens with zero attached hydrogens (tertiary/aromatic N) is 2. The van der Waals surface area contributed by atoms with Crippen LogP contribution in [0.25, 0.3) is 0 Å². The highest BCUT2D eigenvalue weighted by atomic mass is 32.2. The first-order chi connectivity index (χ1) is 9.79. The van der Waals surface area contributed by atoms with E-state index in [-0.39, 0.29) is 5.82 Å². The molecule has 1 aromatic carbocycles. The largest absolute Gasteiger partial charge is 0.304 e. The van der Waals surface area contributed by atoms with Gasteiger partial charge in [0.2, 0.25) is 5.82 Å². The highest BCUT2D eigenvalue weighted by Gasteiger charge is 2.21. The van der Waals surface area contributed by atoms with Crippen molar-refractivity contribution < 1.29 is 22.1 Å². The smallest absolute Gasteiger partial charge is 0.263 e. The second-order valence-electron chi connectivity index (χ2n) is 3.84. The van der Waals surface area contributed by atoms with Crippen LogP contribution >= 0.6 is 0 Å². The molecule has 1 N–H and O–H groups in total. The average Bonchev–Trinajstić information content (AvgIpc) is 2.40. The number of anilines is 1. The molecule has 2 rings (SSSR count). The zero-order chi connectivity index (χ0) is 15.6. The number of halogens is 2. The minimum absolute atomic E-state index is 0.171. The van der Waals surface area contributed by atoms with Crippen LogP contribution in [0.15, 0.2) is 41.4 Å². The maximum atomic E-state index is 13.4. The SMILES string of the molecule is O=[N+]([O-])c1ccc(S(=O)(=O)Nc2ccc(F)cn2)cc1F. The van der Waals surface area contributed by atoms with Gasteiger partial charge in [0.05, 0.1) is 16.0 Å². The monoisotopic (exact) mass is 315 g/mol.